The van der Waals surface area contributed by atoms with E-state index in [-0.39, 0.29) is 23.1 Å². The third kappa shape index (κ3) is 5.27. The lowest BCUT2D eigenvalue weighted by molar-refractivity contribution is -0.136. The second-order valence-corrected chi connectivity index (χ2v) is 8.50. The molecule has 0 aromatic heterocycles. The molecule has 1 amide bonds. The molecule has 1 unspecified atom stereocenters. The first kappa shape index (κ1) is 22.3. The number of nitrogens with one attached hydrogen (secondary N) is 2. The number of benzene rings is 2. The zero-order chi connectivity index (χ0) is 22.4. The molecule has 7 heteroatoms. The third-order valence-electron chi connectivity index (χ3n) is 6.40. The molecule has 32 heavy (non-hydrogen) atoms. The zero-order valence-corrected chi connectivity index (χ0v) is 18.5. The Hall–Kier alpha value is -2.93. The molecule has 0 spiro atoms. The van der Waals surface area contributed by atoms with E-state index in [1.54, 1.807) is 19.2 Å². The van der Waals surface area contributed by atoms with Crippen molar-refractivity contribution in [3.05, 3.63) is 71.5 Å². The monoisotopic (exact) mass is 438 g/mol. The summed E-state index contributed by atoms with van der Waals surface area (Å²) in [5.74, 6) is 0.221. The number of rotatable bonds is 7. The van der Waals surface area contributed by atoms with Crippen molar-refractivity contribution in [3.63, 3.8) is 0 Å². The number of nitrogens with zero attached hydrogens (tertiary/aromatic N) is 2. The molecule has 6 nitrogen and oxygen atoms in total. The molecule has 2 fully saturated rings. The molecule has 1 aliphatic heterocycles. The summed E-state index contributed by atoms with van der Waals surface area (Å²) in [6, 6.07) is 16.7. The fourth-order valence-electron chi connectivity index (χ4n) is 4.25. The molecule has 0 bridgehead atoms. The lowest BCUT2D eigenvalue weighted by Gasteiger charge is -2.31. The first-order chi connectivity index (χ1) is 15.6. The molecule has 2 aromatic carbocycles. The Morgan fingerprint density at radius 1 is 1.12 bits per heavy atom. The molecular formula is C25H31FN4O2. The van der Waals surface area contributed by atoms with Crippen LogP contribution in [0.15, 0.2) is 59.6 Å². The Kier molecular flexibility index (Phi) is 7.05. The number of morpholine rings is 1. The van der Waals surface area contributed by atoms with E-state index < -0.39 is 0 Å². The molecule has 2 aliphatic rings. The number of hydrogen-bond donors (Lipinski definition) is 2. The number of amides is 1. The summed E-state index contributed by atoms with van der Waals surface area (Å²) < 4.78 is 19.1. The van der Waals surface area contributed by atoms with Gasteiger partial charge in [-0.1, -0.05) is 42.5 Å². The lowest BCUT2D eigenvalue weighted by atomic mass is 9.96. The SMILES string of the molecule is CN=C(NCC(C(=O)N1CCOCC1)c1ccccc1)NCC1(c2cccc(F)c2)CC1. The van der Waals surface area contributed by atoms with E-state index in [0.717, 1.165) is 24.0 Å². The number of carbonyl (C=O) groups is 1. The Morgan fingerprint density at radius 3 is 2.53 bits per heavy atom. The standard InChI is InChI=1S/C25H31FN4O2/c1-27-24(29-18-25(10-11-25)20-8-5-9-21(26)16-20)28-17-22(19-6-3-2-4-7-19)23(31)30-12-14-32-15-13-30/h2-9,16,22H,10-15,17-18H2,1H3,(H2,27,28,29). The van der Waals surface area contributed by atoms with Crippen LogP contribution in [0.25, 0.3) is 0 Å². The minimum atomic E-state index is -0.314. The van der Waals surface area contributed by atoms with Gasteiger partial charge in [-0.05, 0) is 36.1 Å². The average Bonchev–Trinajstić information content (AvgIpc) is 3.63. The van der Waals surface area contributed by atoms with Gasteiger partial charge >= 0.3 is 0 Å². The smallest absolute Gasteiger partial charge is 0.232 e. The van der Waals surface area contributed by atoms with Crippen LogP contribution in [0.2, 0.25) is 0 Å². The molecule has 2 N–H and O–H groups in total. The van der Waals surface area contributed by atoms with Crippen LogP contribution in [-0.2, 0) is 14.9 Å². The fourth-order valence-corrected chi connectivity index (χ4v) is 4.25. The Morgan fingerprint density at radius 2 is 1.88 bits per heavy atom. The van der Waals surface area contributed by atoms with Crippen molar-refractivity contribution in [3.8, 4) is 0 Å². The van der Waals surface area contributed by atoms with E-state index in [2.05, 4.69) is 15.6 Å². The van der Waals surface area contributed by atoms with E-state index in [9.17, 15) is 9.18 Å². The Balaban J connectivity index is 1.39. The predicted molar refractivity (Wildman–Crippen MR) is 123 cm³/mol. The van der Waals surface area contributed by atoms with Crippen LogP contribution in [0.3, 0.4) is 0 Å². The summed E-state index contributed by atoms with van der Waals surface area (Å²) in [7, 11) is 1.72. The maximum atomic E-state index is 13.7. The highest BCUT2D eigenvalue weighted by Crippen LogP contribution is 2.47. The first-order valence-corrected chi connectivity index (χ1v) is 11.2. The van der Waals surface area contributed by atoms with Crippen molar-refractivity contribution in [2.75, 3.05) is 46.4 Å². The molecule has 1 saturated carbocycles. The van der Waals surface area contributed by atoms with Crippen LogP contribution in [0.1, 0.15) is 29.9 Å². The van der Waals surface area contributed by atoms with Crippen LogP contribution in [0.4, 0.5) is 4.39 Å². The van der Waals surface area contributed by atoms with Gasteiger partial charge in [0.15, 0.2) is 5.96 Å². The molecule has 170 valence electrons. The van der Waals surface area contributed by atoms with E-state index in [4.69, 9.17) is 4.74 Å². The van der Waals surface area contributed by atoms with Gasteiger partial charge in [0, 0.05) is 38.6 Å². The van der Waals surface area contributed by atoms with Crippen molar-refractivity contribution in [2.24, 2.45) is 4.99 Å². The van der Waals surface area contributed by atoms with Crippen molar-refractivity contribution in [2.45, 2.75) is 24.2 Å². The van der Waals surface area contributed by atoms with Crippen molar-refractivity contribution in [1.82, 2.24) is 15.5 Å². The maximum Gasteiger partial charge on any atom is 0.232 e. The Labute approximate surface area is 188 Å². The largest absolute Gasteiger partial charge is 0.378 e. The highest BCUT2D eigenvalue weighted by Gasteiger charge is 2.44. The summed E-state index contributed by atoms with van der Waals surface area (Å²) in [6.45, 7) is 3.49. The summed E-state index contributed by atoms with van der Waals surface area (Å²) in [5.41, 5.74) is 1.94. The second kappa shape index (κ2) is 10.1. The summed E-state index contributed by atoms with van der Waals surface area (Å²) in [5, 5.41) is 6.72. The number of ether oxygens (including phenoxy) is 1. The normalized spacial score (nSPS) is 18.7. The van der Waals surface area contributed by atoms with Crippen molar-refractivity contribution < 1.29 is 13.9 Å². The molecule has 1 aliphatic carbocycles. The van der Waals surface area contributed by atoms with Gasteiger partial charge in [0.1, 0.15) is 5.82 Å². The van der Waals surface area contributed by atoms with Gasteiger partial charge in [0.25, 0.3) is 0 Å². The van der Waals surface area contributed by atoms with Gasteiger partial charge in [-0.2, -0.15) is 0 Å². The Bertz CT molecular complexity index is 940. The number of aliphatic imine (C=N–C) groups is 1. The van der Waals surface area contributed by atoms with E-state index in [1.165, 1.54) is 6.07 Å². The average molecular weight is 439 g/mol. The molecular weight excluding hydrogens is 407 g/mol. The number of halogens is 1. The zero-order valence-electron chi connectivity index (χ0n) is 18.5. The van der Waals surface area contributed by atoms with Gasteiger partial charge < -0.3 is 20.3 Å². The minimum Gasteiger partial charge on any atom is -0.378 e. The van der Waals surface area contributed by atoms with Crippen molar-refractivity contribution >= 4 is 11.9 Å². The molecule has 1 atom stereocenters. The van der Waals surface area contributed by atoms with E-state index >= 15 is 0 Å². The predicted octanol–water partition coefficient (Wildman–Crippen LogP) is 2.66. The number of guanidine groups is 1. The highest BCUT2D eigenvalue weighted by atomic mass is 19.1. The summed E-state index contributed by atoms with van der Waals surface area (Å²) in [4.78, 5) is 19.5. The molecule has 2 aromatic rings. The van der Waals surface area contributed by atoms with Gasteiger partial charge in [0.2, 0.25) is 5.91 Å². The van der Waals surface area contributed by atoms with Crippen LogP contribution in [-0.4, -0.2) is 63.2 Å². The van der Waals surface area contributed by atoms with Gasteiger partial charge in [-0.15, -0.1) is 0 Å². The summed E-state index contributed by atoms with van der Waals surface area (Å²) in [6.07, 6.45) is 2.03. The van der Waals surface area contributed by atoms with E-state index in [0.29, 0.717) is 45.4 Å². The second-order valence-electron chi connectivity index (χ2n) is 8.50. The molecule has 1 heterocycles. The number of carbonyl (C=O) groups excluding carboxylic acids is 1. The van der Waals surface area contributed by atoms with Crippen LogP contribution in [0, 0.1) is 5.82 Å². The van der Waals surface area contributed by atoms with Crippen LogP contribution >= 0.6 is 0 Å². The van der Waals surface area contributed by atoms with Crippen LogP contribution < -0.4 is 10.6 Å². The lowest BCUT2D eigenvalue weighted by Crippen LogP contribution is -2.47. The highest BCUT2D eigenvalue weighted by molar-refractivity contribution is 5.86. The van der Waals surface area contributed by atoms with Crippen molar-refractivity contribution in [1.29, 1.82) is 0 Å². The molecule has 1 saturated heterocycles. The van der Waals surface area contributed by atoms with Gasteiger partial charge in [0.05, 0.1) is 19.1 Å². The van der Waals surface area contributed by atoms with Gasteiger partial charge in [-0.3, -0.25) is 9.79 Å². The van der Waals surface area contributed by atoms with Crippen LogP contribution in [0.5, 0.6) is 0 Å². The first-order valence-electron chi connectivity index (χ1n) is 11.2. The molecule has 0 radical (unpaired) electrons. The quantitative estimate of drug-likeness (QED) is 0.515. The van der Waals surface area contributed by atoms with Gasteiger partial charge in [-0.25, -0.2) is 4.39 Å². The third-order valence-corrected chi connectivity index (χ3v) is 6.40. The fraction of sp³-hybridized carbons (Fsp3) is 0.440. The maximum absolute atomic E-state index is 13.7. The molecule has 4 rings (SSSR count). The number of hydrogen-bond acceptors (Lipinski definition) is 3. The minimum absolute atomic E-state index is 0.0534. The topological polar surface area (TPSA) is 66.0 Å². The van der Waals surface area contributed by atoms with E-state index in [1.807, 2.05) is 41.3 Å². The summed E-state index contributed by atoms with van der Waals surface area (Å²) >= 11 is 0.